The maximum Gasteiger partial charge on any atom is 0.247 e. The third kappa shape index (κ3) is 7.67. The summed E-state index contributed by atoms with van der Waals surface area (Å²) in [5, 5.41) is 9.34. The minimum Gasteiger partial charge on any atom is -0.494 e. The van der Waals surface area contributed by atoms with Crippen LogP contribution in [0, 0.1) is 0 Å². The normalized spacial score (nSPS) is 20.8. The Kier molecular flexibility index (Phi) is 11.0. The predicted molar refractivity (Wildman–Crippen MR) is 200 cm³/mol. The van der Waals surface area contributed by atoms with E-state index >= 15 is 0 Å². The van der Waals surface area contributed by atoms with Gasteiger partial charge in [-0.05, 0) is 62.3 Å². The maximum atomic E-state index is 12.6. The van der Waals surface area contributed by atoms with Crippen LogP contribution in [0.15, 0.2) is 55.4 Å². The molecule has 50 heavy (non-hydrogen) atoms. The van der Waals surface area contributed by atoms with Gasteiger partial charge < -0.3 is 20.3 Å². The summed E-state index contributed by atoms with van der Waals surface area (Å²) in [5.74, 6) is 1.53. The fraction of sp³-hybridized carbons (Fsp3) is 0.486. The standard InChI is InChI=1S/C37H46Cl2N8O3/c1-3-36(48)43-30-21-31(42-34-23-35(41-24-40-34)47-28(12-19-50-47)20-25-6-4-9-29(38)37(25)39)33(49-2)22-32(30)46-13-10-27(11-14-46)45-17-15-44(16-18-45)26-7-5-8-26/h3-4,6,9,21-24,26-28H,1,5,7-8,10-20H2,2H3,(H,43,48)(H,40,41,42). The van der Waals surface area contributed by atoms with Crippen LogP contribution in [0.25, 0.3) is 0 Å². The molecular weight excluding hydrogens is 675 g/mol. The second kappa shape index (κ2) is 15.7. The van der Waals surface area contributed by atoms with Gasteiger partial charge in [0.1, 0.15) is 17.9 Å². The number of rotatable bonds is 11. The summed E-state index contributed by atoms with van der Waals surface area (Å²) in [4.78, 5) is 35.4. The van der Waals surface area contributed by atoms with E-state index in [1.54, 1.807) is 13.2 Å². The summed E-state index contributed by atoms with van der Waals surface area (Å²) in [6.07, 6.45) is 10.5. The van der Waals surface area contributed by atoms with E-state index in [1.165, 1.54) is 44.8 Å². The van der Waals surface area contributed by atoms with E-state index in [0.29, 0.717) is 57.9 Å². The van der Waals surface area contributed by atoms with Crippen LogP contribution < -0.4 is 25.3 Å². The molecule has 266 valence electrons. The number of anilines is 5. The van der Waals surface area contributed by atoms with Gasteiger partial charge in [0.15, 0.2) is 5.82 Å². The number of carbonyl (C=O) groups excluding carboxylic acids is 1. The summed E-state index contributed by atoms with van der Waals surface area (Å²) in [6.45, 7) is 10.7. The molecule has 13 heteroatoms. The van der Waals surface area contributed by atoms with Crippen LogP contribution in [-0.4, -0.2) is 96.8 Å². The number of aromatic nitrogens is 2. The van der Waals surface area contributed by atoms with E-state index in [0.717, 1.165) is 62.7 Å². The topological polar surface area (TPSA) is 98.3 Å². The molecule has 1 atom stereocenters. The van der Waals surface area contributed by atoms with Gasteiger partial charge in [0.2, 0.25) is 5.91 Å². The number of hydroxylamine groups is 1. The van der Waals surface area contributed by atoms with Gasteiger partial charge in [-0.15, -0.1) is 0 Å². The number of hydrogen-bond acceptors (Lipinski definition) is 10. The predicted octanol–water partition coefficient (Wildman–Crippen LogP) is 6.55. The second-order valence-corrected chi connectivity index (χ2v) is 14.3. The van der Waals surface area contributed by atoms with Crippen molar-refractivity contribution in [2.45, 2.75) is 63.1 Å². The first-order valence-corrected chi connectivity index (χ1v) is 18.5. The molecule has 11 nitrogen and oxygen atoms in total. The SMILES string of the molecule is C=CC(=O)Nc1cc(Nc2cc(N3OCCC3Cc3cccc(Cl)c3Cl)ncn2)c(OC)cc1N1CCC(N2CCN(C3CCC3)CC2)CC1. The Balaban J connectivity index is 1.06. The Labute approximate surface area is 304 Å². The highest BCUT2D eigenvalue weighted by Crippen LogP contribution is 2.40. The van der Waals surface area contributed by atoms with Crippen LogP contribution in [-0.2, 0) is 16.1 Å². The first-order valence-electron chi connectivity index (χ1n) is 17.7. The molecule has 1 aliphatic carbocycles. The van der Waals surface area contributed by atoms with Crippen LogP contribution >= 0.6 is 23.2 Å². The number of benzene rings is 2. The van der Waals surface area contributed by atoms with E-state index in [-0.39, 0.29) is 11.9 Å². The highest BCUT2D eigenvalue weighted by molar-refractivity contribution is 6.42. The molecule has 3 aliphatic heterocycles. The Morgan fingerprint density at radius 3 is 2.40 bits per heavy atom. The van der Waals surface area contributed by atoms with Crippen molar-refractivity contribution in [3.05, 3.63) is 71.0 Å². The van der Waals surface area contributed by atoms with Gasteiger partial charge in [-0.25, -0.2) is 15.0 Å². The molecule has 1 saturated carbocycles. The van der Waals surface area contributed by atoms with Gasteiger partial charge in [-0.3, -0.25) is 19.4 Å². The van der Waals surface area contributed by atoms with Crippen molar-refractivity contribution in [2.75, 3.05) is 73.6 Å². The molecular formula is C37H46Cl2N8O3. The Morgan fingerprint density at radius 2 is 1.72 bits per heavy atom. The smallest absolute Gasteiger partial charge is 0.247 e. The van der Waals surface area contributed by atoms with Gasteiger partial charge >= 0.3 is 0 Å². The van der Waals surface area contributed by atoms with Crippen molar-refractivity contribution in [2.24, 2.45) is 0 Å². The Hall–Kier alpha value is -3.61. The van der Waals surface area contributed by atoms with Crippen molar-refractivity contribution in [3.8, 4) is 5.75 Å². The molecule has 4 fully saturated rings. The number of piperazine rings is 1. The molecule has 0 spiro atoms. The van der Waals surface area contributed by atoms with E-state index in [4.69, 9.17) is 32.8 Å². The van der Waals surface area contributed by atoms with Crippen LogP contribution in [0.1, 0.15) is 44.1 Å². The fourth-order valence-electron chi connectivity index (χ4n) is 7.65. The molecule has 1 unspecified atom stereocenters. The highest BCUT2D eigenvalue weighted by Gasteiger charge is 2.33. The lowest BCUT2D eigenvalue weighted by atomic mass is 9.91. The molecule has 4 aliphatic rings. The summed E-state index contributed by atoms with van der Waals surface area (Å²) in [7, 11) is 1.65. The van der Waals surface area contributed by atoms with Crippen molar-refractivity contribution in [3.63, 3.8) is 0 Å². The lowest BCUT2D eigenvalue weighted by Gasteiger charge is -2.46. The zero-order valence-corrected chi connectivity index (χ0v) is 30.1. The molecule has 4 heterocycles. The van der Waals surface area contributed by atoms with Crippen LogP contribution in [0.4, 0.5) is 28.7 Å². The number of halogens is 2. The zero-order chi connectivity index (χ0) is 34.6. The van der Waals surface area contributed by atoms with Crippen molar-refractivity contribution < 1.29 is 14.4 Å². The number of nitrogens with zero attached hydrogens (tertiary/aromatic N) is 6. The highest BCUT2D eigenvalue weighted by atomic mass is 35.5. The summed E-state index contributed by atoms with van der Waals surface area (Å²) >= 11 is 12.8. The van der Waals surface area contributed by atoms with E-state index in [2.05, 4.69) is 41.9 Å². The number of amides is 1. The van der Waals surface area contributed by atoms with E-state index < -0.39 is 0 Å². The molecule has 2 aromatic carbocycles. The Morgan fingerprint density at radius 1 is 0.980 bits per heavy atom. The number of carbonyl (C=O) groups is 1. The van der Waals surface area contributed by atoms with Crippen molar-refractivity contribution in [1.82, 2.24) is 19.8 Å². The molecule has 1 amide bonds. The van der Waals surface area contributed by atoms with Crippen molar-refractivity contribution in [1.29, 1.82) is 0 Å². The number of methoxy groups -OCH3 is 1. The molecule has 1 aromatic heterocycles. The van der Waals surface area contributed by atoms with Gasteiger partial charge in [0.25, 0.3) is 0 Å². The average molecular weight is 722 g/mol. The second-order valence-electron chi connectivity index (χ2n) is 13.5. The molecule has 3 saturated heterocycles. The monoisotopic (exact) mass is 720 g/mol. The maximum absolute atomic E-state index is 12.6. The number of nitrogens with one attached hydrogen (secondary N) is 2. The minimum atomic E-state index is -0.275. The Bertz CT molecular complexity index is 1670. The lowest BCUT2D eigenvalue weighted by molar-refractivity contribution is -0.111. The first-order chi connectivity index (χ1) is 24.4. The number of ether oxygens (including phenoxy) is 1. The minimum absolute atomic E-state index is 0.0179. The van der Waals surface area contributed by atoms with Crippen LogP contribution in [0.3, 0.4) is 0 Å². The van der Waals surface area contributed by atoms with Crippen LogP contribution in [0.2, 0.25) is 10.0 Å². The largest absolute Gasteiger partial charge is 0.494 e. The summed E-state index contributed by atoms with van der Waals surface area (Å²) in [5.41, 5.74) is 3.22. The molecule has 0 bridgehead atoms. The van der Waals surface area contributed by atoms with E-state index in [9.17, 15) is 4.79 Å². The van der Waals surface area contributed by atoms with Gasteiger partial charge in [0.05, 0.1) is 46.9 Å². The van der Waals surface area contributed by atoms with Crippen LogP contribution in [0.5, 0.6) is 5.75 Å². The summed E-state index contributed by atoms with van der Waals surface area (Å²) in [6, 6.07) is 12.8. The first kappa shape index (κ1) is 34.8. The van der Waals surface area contributed by atoms with Gasteiger partial charge in [0, 0.05) is 63.5 Å². The van der Waals surface area contributed by atoms with Gasteiger partial charge in [-0.1, -0.05) is 48.3 Å². The van der Waals surface area contributed by atoms with Crippen molar-refractivity contribution >= 4 is 57.8 Å². The average Bonchev–Trinajstić information content (AvgIpc) is 3.58. The third-order valence-corrected chi connectivity index (χ3v) is 11.5. The molecule has 7 rings (SSSR count). The fourth-order valence-corrected chi connectivity index (χ4v) is 8.05. The third-order valence-electron chi connectivity index (χ3n) is 10.7. The quantitative estimate of drug-likeness (QED) is 0.212. The number of piperidine rings is 1. The van der Waals surface area contributed by atoms with E-state index in [1.807, 2.05) is 35.4 Å². The molecule has 2 N–H and O–H groups in total. The van der Waals surface area contributed by atoms with Gasteiger partial charge in [-0.2, -0.15) is 0 Å². The zero-order valence-electron chi connectivity index (χ0n) is 28.6. The summed E-state index contributed by atoms with van der Waals surface area (Å²) < 4.78 is 5.89. The molecule has 3 aromatic rings. The lowest BCUT2D eigenvalue weighted by Crippen LogP contribution is -2.56. The molecule has 0 radical (unpaired) electrons. The number of hydrogen-bond donors (Lipinski definition) is 2.